The Morgan fingerprint density at radius 3 is 2.08 bits per heavy atom. The molecule has 1 heterocycles. The zero-order valence-electron chi connectivity index (χ0n) is 12.6. The van der Waals surface area contributed by atoms with E-state index < -0.39 is 0 Å². The molecule has 24 heavy (non-hydrogen) atoms. The van der Waals surface area contributed by atoms with Crippen LogP contribution in [0.4, 0.5) is 0 Å². The Kier molecular flexibility index (Phi) is 7.02. The van der Waals surface area contributed by atoms with E-state index in [1.165, 1.54) is 5.56 Å². The monoisotopic (exact) mass is 362 g/mol. The summed E-state index contributed by atoms with van der Waals surface area (Å²) in [4.78, 5) is 12.2. The summed E-state index contributed by atoms with van der Waals surface area (Å²) >= 11 is 7.52. The van der Waals surface area contributed by atoms with Crippen LogP contribution in [0.15, 0.2) is 77.6 Å². The zero-order valence-corrected chi connectivity index (χ0v) is 14.2. The van der Waals surface area contributed by atoms with E-state index in [9.17, 15) is 4.79 Å². The van der Waals surface area contributed by atoms with Crippen LogP contribution in [-0.4, -0.2) is 29.6 Å². The van der Waals surface area contributed by atoms with Crippen molar-refractivity contribution in [2.45, 2.75) is 6.92 Å². The van der Waals surface area contributed by atoms with Gasteiger partial charge in [-0.05, 0) is 37.3 Å². The molecular formula is C20H16ClNaOS. The Balaban J connectivity index is 0.000000222. The Morgan fingerprint density at radius 2 is 1.42 bits per heavy atom. The van der Waals surface area contributed by atoms with Gasteiger partial charge in [0.2, 0.25) is 0 Å². The number of hydrogen-bond acceptors (Lipinski definition) is 2. The molecule has 0 bridgehead atoms. The predicted molar refractivity (Wildman–Crippen MR) is 109 cm³/mol. The van der Waals surface area contributed by atoms with Crippen LogP contribution >= 0.6 is 22.9 Å². The van der Waals surface area contributed by atoms with Gasteiger partial charge in [0.15, 0.2) is 5.43 Å². The second kappa shape index (κ2) is 8.80. The van der Waals surface area contributed by atoms with Gasteiger partial charge in [0.05, 0.1) is 0 Å². The number of rotatable bonds is 0. The first-order chi connectivity index (χ1) is 11.1. The van der Waals surface area contributed by atoms with Gasteiger partial charge < -0.3 is 0 Å². The molecular weight excluding hydrogens is 347 g/mol. The van der Waals surface area contributed by atoms with Gasteiger partial charge >= 0.3 is 29.6 Å². The normalized spacial score (nSPS) is 9.92. The quantitative estimate of drug-likeness (QED) is 0.302. The van der Waals surface area contributed by atoms with E-state index in [0.717, 1.165) is 14.8 Å². The van der Waals surface area contributed by atoms with Gasteiger partial charge in [0, 0.05) is 25.2 Å². The Hall–Kier alpha value is -1.16. The fourth-order valence-corrected chi connectivity index (χ4v) is 3.53. The number of aryl methyl sites for hydroxylation is 1. The Bertz CT molecular complexity index is 1010. The van der Waals surface area contributed by atoms with E-state index >= 15 is 0 Å². The topological polar surface area (TPSA) is 17.1 Å². The third-order valence-corrected chi connectivity index (χ3v) is 4.87. The van der Waals surface area contributed by atoms with Crippen LogP contribution in [0.25, 0.3) is 20.2 Å². The molecule has 4 heteroatoms. The Morgan fingerprint density at radius 1 is 0.792 bits per heavy atom. The average Bonchev–Trinajstić information content (AvgIpc) is 2.57. The molecule has 0 aliphatic heterocycles. The third kappa shape index (κ3) is 4.47. The Labute approximate surface area is 172 Å². The van der Waals surface area contributed by atoms with Crippen molar-refractivity contribution in [1.29, 1.82) is 0 Å². The first-order valence-corrected chi connectivity index (χ1v) is 8.47. The van der Waals surface area contributed by atoms with Crippen LogP contribution < -0.4 is 5.43 Å². The van der Waals surface area contributed by atoms with Gasteiger partial charge in [0.25, 0.3) is 0 Å². The maximum atomic E-state index is 12.2. The van der Waals surface area contributed by atoms with E-state index in [4.69, 9.17) is 11.6 Å². The van der Waals surface area contributed by atoms with Crippen molar-refractivity contribution in [3.05, 3.63) is 93.6 Å². The van der Waals surface area contributed by atoms with Crippen molar-refractivity contribution in [2.75, 3.05) is 0 Å². The van der Waals surface area contributed by atoms with Gasteiger partial charge in [0.1, 0.15) is 0 Å². The maximum absolute atomic E-state index is 12.2. The fraction of sp³-hybridized carbons (Fsp3) is 0.0500. The number of halogens is 1. The molecule has 4 aromatic rings. The third-order valence-electron chi connectivity index (χ3n) is 3.48. The number of fused-ring (bicyclic) bond motifs is 2. The minimum absolute atomic E-state index is 0. The van der Waals surface area contributed by atoms with E-state index in [0.29, 0.717) is 10.4 Å². The summed E-state index contributed by atoms with van der Waals surface area (Å²) < 4.78 is 2.00. The van der Waals surface area contributed by atoms with Gasteiger partial charge in [-0.15, -0.1) is 11.3 Å². The second-order valence-electron chi connectivity index (χ2n) is 5.22. The van der Waals surface area contributed by atoms with Crippen molar-refractivity contribution in [1.82, 2.24) is 0 Å². The minimum atomic E-state index is 0. The first-order valence-electron chi connectivity index (χ1n) is 7.28. The molecule has 3 aromatic carbocycles. The van der Waals surface area contributed by atoms with Gasteiger partial charge in [-0.1, -0.05) is 59.6 Å². The summed E-state index contributed by atoms with van der Waals surface area (Å²) in [5, 5.41) is 2.07. The number of hydrogen-bond donors (Lipinski definition) is 0. The molecule has 116 valence electrons. The van der Waals surface area contributed by atoms with Crippen LogP contribution in [0.3, 0.4) is 0 Å². The molecule has 0 aliphatic rings. The first kappa shape index (κ1) is 19.2. The van der Waals surface area contributed by atoms with E-state index in [1.54, 1.807) is 17.4 Å². The molecule has 1 nitrogen and oxygen atoms in total. The standard InChI is InChI=1S/C13H7ClOS.C7H8.Na.H/c14-8-5-6-12-10(7-8)13(15)9-3-1-2-4-11(9)16-12;1-7-5-3-2-4-6-7;;/h1-7H;2-6H,1H3;;. The molecule has 0 aliphatic carbocycles. The molecule has 0 fully saturated rings. The molecule has 0 saturated carbocycles. The van der Waals surface area contributed by atoms with E-state index in [1.807, 2.05) is 54.6 Å². The molecule has 0 unspecified atom stereocenters. The zero-order chi connectivity index (χ0) is 16.2. The second-order valence-corrected chi connectivity index (χ2v) is 6.74. The van der Waals surface area contributed by atoms with Crippen LogP contribution in [0.1, 0.15) is 5.56 Å². The molecule has 0 spiro atoms. The predicted octanol–water partition coefficient (Wildman–Crippen LogP) is 5.41. The molecule has 0 atom stereocenters. The van der Waals surface area contributed by atoms with E-state index in [2.05, 4.69) is 19.1 Å². The average molecular weight is 363 g/mol. The van der Waals surface area contributed by atoms with Crippen LogP contribution in [0, 0.1) is 6.92 Å². The van der Waals surface area contributed by atoms with Crippen LogP contribution in [0.5, 0.6) is 0 Å². The summed E-state index contributed by atoms with van der Waals surface area (Å²) in [6.45, 7) is 2.08. The van der Waals surface area contributed by atoms with Crippen LogP contribution in [-0.2, 0) is 0 Å². The summed E-state index contributed by atoms with van der Waals surface area (Å²) in [5.41, 5.74) is 1.38. The SMILES string of the molecule is Cc1ccccc1.O=c1c2ccccc2sc2ccc(Cl)cc12.[NaH]. The van der Waals surface area contributed by atoms with Crippen molar-refractivity contribution in [2.24, 2.45) is 0 Å². The van der Waals surface area contributed by atoms with Gasteiger partial charge in [-0.25, -0.2) is 0 Å². The summed E-state index contributed by atoms with van der Waals surface area (Å²) in [7, 11) is 0. The number of benzene rings is 3. The summed E-state index contributed by atoms with van der Waals surface area (Å²) in [5.74, 6) is 0. The molecule has 1 aromatic heterocycles. The van der Waals surface area contributed by atoms with Gasteiger partial charge in [-0.2, -0.15) is 0 Å². The van der Waals surface area contributed by atoms with Crippen molar-refractivity contribution in [3.8, 4) is 0 Å². The molecule has 0 radical (unpaired) electrons. The molecule has 0 N–H and O–H groups in total. The van der Waals surface area contributed by atoms with Crippen molar-refractivity contribution >= 4 is 72.7 Å². The van der Waals surface area contributed by atoms with Crippen LogP contribution in [0.2, 0.25) is 5.02 Å². The van der Waals surface area contributed by atoms with Gasteiger partial charge in [-0.3, -0.25) is 4.79 Å². The molecule has 0 saturated heterocycles. The van der Waals surface area contributed by atoms with Crippen molar-refractivity contribution < 1.29 is 0 Å². The summed E-state index contributed by atoms with van der Waals surface area (Å²) in [6.07, 6.45) is 0. The summed E-state index contributed by atoms with van der Waals surface area (Å²) in [6, 6.07) is 23.4. The van der Waals surface area contributed by atoms with E-state index in [-0.39, 0.29) is 35.0 Å². The van der Waals surface area contributed by atoms with Crippen molar-refractivity contribution in [3.63, 3.8) is 0 Å². The fourth-order valence-electron chi connectivity index (χ4n) is 2.31. The molecule has 4 rings (SSSR count). The molecule has 0 amide bonds.